The number of nitrogens with one attached hydrogen (secondary N) is 2. The zero-order chi connectivity index (χ0) is 14.3. The van der Waals surface area contributed by atoms with Gasteiger partial charge in [-0.3, -0.25) is 9.59 Å². The Labute approximate surface area is 114 Å². The van der Waals surface area contributed by atoms with Crippen LogP contribution in [0.2, 0.25) is 0 Å². The quantitative estimate of drug-likeness (QED) is 0.743. The summed E-state index contributed by atoms with van der Waals surface area (Å²) in [4.78, 5) is 26.5. The topological polar surface area (TPSA) is 62.0 Å². The molecule has 2 N–H and O–H groups in total. The van der Waals surface area contributed by atoms with Crippen LogP contribution in [0.25, 0.3) is 0 Å². The van der Waals surface area contributed by atoms with Crippen molar-refractivity contribution in [3.63, 3.8) is 0 Å². The van der Waals surface area contributed by atoms with E-state index in [2.05, 4.69) is 24.1 Å². The number of carbonyl (C=O) groups excluding carboxylic acids is 1. The third-order valence-electron chi connectivity index (χ3n) is 3.18. The van der Waals surface area contributed by atoms with Crippen molar-refractivity contribution in [2.24, 2.45) is 0 Å². The molecule has 19 heavy (non-hydrogen) atoms. The first-order valence-electron chi connectivity index (χ1n) is 7.11. The second-order valence-corrected chi connectivity index (χ2v) is 4.88. The summed E-state index contributed by atoms with van der Waals surface area (Å²) in [7, 11) is 0. The third kappa shape index (κ3) is 4.54. The van der Waals surface area contributed by atoms with E-state index in [0.29, 0.717) is 6.54 Å². The molecule has 0 aliphatic heterocycles. The first-order chi connectivity index (χ1) is 9.10. The molecule has 1 amide bonds. The molecule has 0 unspecified atom stereocenters. The molecule has 0 atom stereocenters. The summed E-state index contributed by atoms with van der Waals surface area (Å²) in [6.07, 6.45) is 5.02. The molecule has 1 heterocycles. The zero-order valence-electron chi connectivity index (χ0n) is 12.1. The van der Waals surface area contributed by atoms with E-state index >= 15 is 0 Å². The molecule has 0 aliphatic carbocycles. The lowest BCUT2D eigenvalue weighted by molar-refractivity contribution is 0.0951. The van der Waals surface area contributed by atoms with E-state index in [-0.39, 0.29) is 17.0 Å². The molecule has 4 heteroatoms. The fraction of sp³-hybridized carbons (Fsp3) is 0.600. The Kier molecular flexibility index (Phi) is 6.33. The molecule has 0 saturated heterocycles. The molecule has 1 aromatic heterocycles. The highest BCUT2D eigenvalue weighted by atomic mass is 16.2. The third-order valence-corrected chi connectivity index (χ3v) is 3.18. The van der Waals surface area contributed by atoms with Crippen LogP contribution >= 0.6 is 0 Å². The molecule has 1 rings (SSSR count). The molecule has 0 radical (unpaired) electrons. The standard InChI is InChI=1S/C15H24N2O2/c1-4-6-7-9-16-14(18)13-10-12(8-5-2)11(3)17-15(13)19/h10H,4-9H2,1-3H3,(H,16,18)(H,17,19). The van der Waals surface area contributed by atoms with Gasteiger partial charge in [0.2, 0.25) is 0 Å². The molecule has 0 bridgehead atoms. The normalized spacial score (nSPS) is 10.5. The van der Waals surface area contributed by atoms with Gasteiger partial charge in [-0.2, -0.15) is 0 Å². The lowest BCUT2D eigenvalue weighted by Crippen LogP contribution is -2.31. The van der Waals surface area contributed by atoms with E-state index in [0.717, 1.165) is 43.4 Å². The summed E-state index contributed by atoms with van der Waals surface area (Å²) in [5.41, 5.74) is 1.83. The molecular formula is C15H24N2O2. The number of aryl methyl sites for hydroxylation is 2. The van der Waals surface area contributed by atoms with E-state index in [1.165, 1.54) is 0 Å². The SMILES string of the molecule is CCCCCNC(=O)c1cc(CCC)c(C)[nH]c1=O. The highest BCUT2D eigenvalue weighted by Gasteiger charge is 2.12. The molecule has 0 aromatic carbocycles. The van der Waals surface area contributed by atoms with Crippen molar-refractivity contribution in [2.45, 2.75) is 52.9 Å². The Morgan fingerprint density at radius 3 is 2.63 bits per heavy atom. The lowest BCUT2D eigenvalue weighted by atomic mass is 10.1. The van der Waals surface area contributed by atoms with Gasteiger partial charge in [-0.05, 0) is 31.4 Å². The zero-order valence-corrected chi connectivity index (χ0v) is 12.1. The van der Waals surface area contributed by atoms with Crippen LogP contribution in [0.1, 0.15) is 61.1 Å². The Bertz CT molecular complexity index is 478. The maximum atomic E-state index is 12.0. The molecule has 0 fully saturated rings. The Morgan fingerprint density at radius 1 is 1.26 bits per heavy atom. The number of carbonyl (C=O) groups is 1. The highest BCUT2D eigenvalue weighted by Crippen LogP contribution is 2.07. The minimum Gasteiger partial charge on any atom is -0.352 e. The van der Waals surface area contributed by atoms with Crippen LogP contribution in [0, 0.1) is 6.92 Å². The number of hydrogen-bond donors (Lipinski definition) is 2. The van der Waals surface area contributed by atoms with Gasteiger partial charge in [0.1, 0.15) is 5.56 Å². The number of rotatable bonds is 7. The minimum absolute atomic E-state index is 0.227. The van der Waals surface area contributed by atoms with Gasteiger partial charge < -0.3 is 10.3 Å². The number of amides is 1. The van der Waals surface area contributed by atoms with Gasteiger partial charge in [0.05, 0.1) is 0 Å². The van der Waals surface area contributed by atoms with Gasteiger partial charge in [0.15, 0.2) is 0 Å². The number of aromatic nitrogens is 1. The lowest BCUT2D eigenvalue weighted by Gasteiger charge is -2.08. The number of pyridine rings is 1. The molecule has 0 aliphatic rings. The van der Waals surface area contributed by atoms with Gasteiger partial charge in [0, 0.05) is 12.2 Å². The largest absolute Gasteiger partial charge is 0.352 e. The number of unbranched alkanes of at least 4 members (excludes halogenated alkanes) is 2. The van der Waals surface area contributed by atoms with Crippen LogP contribution in [0.5, 0.6) is 0 Å². The Morgan fingerprint density at radius 2 is 2.00 bits per heavy atom. The van der Waals surface area contributed by atoms with Crippen LogP contribution in [-0.2, 0) is 6.42 Å². The number of aromatic amines is 1. The molecule has 1 aromatic rings. The van der Waals surface area contributed by atoms with Gasteiger partial charge in [-0.15, -0.1) is 0 Å². The fourth-order valence-corrected chi connectivity index (χ4v) is 2.04. The van der Waals surface area contributed by atoms with Gasteiger partial charge in [-0.1, -0.05) is 33.1 Å². The van der Waals surface area contributed by atoms with E-state index in [1.807, 2.05) is 6.92 Å². The van der Waals surface area contributed by atoms with Crippen molar-refractivity contribution < 1.29 is 4.79 Å². The van der Waals surface area contributed by atoms with Crippen molar-refractivity contribution in [2.75, 3.05) is 6.54 Å². The molecule has 106 valence electrons. The second-order valence-electron chi connectivity index (χ2n) is 4.88. The average molecular weight is 264 g/mol. The van der Waals surface area contributed by atoms with Crippen molar-refractivity contribution >= 4 is 5.91 Å². The summed E-state index contributed by atoms with van der Waals surface area (Å²) < 4.78 is 0. The summed E-state index contributed by atoms with van der Waals surface area (Å²) >= 11 is 0. The summed E-state index contributed by atoms with van der Waals surface area (Å²) in [5, 5.41) is 2.80. The summed E-state index contributed by atoms with van der Waals surface area (Å²) in [6, 6.07) is 1.73. The Hall–Kier alpha value is -1.58. The molecule has 0 saturated carbocycles. The second kappa shape index (κ2) is 7.77. The summed E-state index contributed by atoms with van der Waals surface area (Å²) in [6.45, 7) is 6.69. The monoisotopic (exact) mass is 264 g/mol. The highest BCUT2D eigenvalue weighted by molar-refractivity contribution is 5.94. The van der Waals surface area contributed by atoms with Crippen molar-refractivity contribution in [1.82, 2.24) is 10.3 Å². The van der Waals surface area contributed by atoms with E-state index in [1.54, 1.807) is 6.07 Å². The number of H-pyrrole nitrogens is 1. The van der Waals surface area contributed by atoms with Crippen molar-refractivity contribution in [3.8, 4) is 0 Å². The predicted octanol–water partition coefficient (Wildman–Crippen LogP) is 2.56. The van der Waals surface area contributed by atoms with Gasteiger partial charge in [0.25, 0.3) is 11.5 Å². The molecule has 0 spiro atoms. The van der Waals surface area contributed by atoms with Crippen LogP contribution < -0.4 is 10.9 Å². The van der Waals surface area contributed by atoms with E-state index in [4.69, 9.17) is 0 Å². The summed E-state index contributed by atoms with van der Waals surface area (Å²) in [5.74, 6) is -0.269. The fourth-order valence-electron chi connectivity index (χ4n) is 2.04. The maximum absolute atomic E-state index is 12.0. The van der Waals surface area contributed by atoms with Crippen molar-refractivity contribution in [3.05, 3.63) is 33.2 Å². The van der Waals surface area contributed by atoms with Crippen LogP contribution in [0.4, 0.5) is 0 Å². The predicted molar refractivity (Wildman–Crippen MR) is 77.7 cm³/mol. The van der Waals surface area contributed by atoms with Gasteiger partial charge in [-0.25, -0.2) is 0 Å². The first kappa shape index (κ1) is 15.5. The van der Waals surface area contributed by atoms with E-state index < -0.39 is 0 Å². The first-order valence-corrected chi connectivity index (χ1v) is 7.11. The maximum Gasteiger partial charge on any atom is 0.261 e. The van der Waals surface area contributed by atoms with E-state index in [9.17, 15) is 9.59 Å². The van der Waals surface area contributed by atoms with Crippen molar-refractivity contribution in [1.29, 1.82) is 0 Å². The van der Waals surface area contributed by atoms with Gasteiger partial charge >= 0.3 is 0 Å². The average Bonchev–Trinajstić information content (AvgIpc) is 2.38. The minimum atomic E-state index is -0.301. The van der Waals surface area contributed by atoms with Crippen LogP contribution in [0.15, 0.2) is 10.9 Å². The van der Waals surface area contributed by atoms with Crippen LogP contribution in [-0.4, -0.2) is 17.4 Å². The molecule has 4 nitrogen and oxygen atoms in total. The molecular weight excluding hydrogens is 240 g/mol. The van der Waals surface area contributed by atoms with Crippen LogP contribution in [0.3, 0.4) is 0 Å². The number of hydrogen-bond acceptors (Lipinski definition) is 2. The smallest absolute Gasteiger partial charge is 0.261 e. The Balaban J connectivity index is 2.78.